The fraction of sp³-hybridized carbons (Fsp3) is 0.133. The predicted octanol–water partition coefficient (Wildman–Crippen LogP) is 2.30. The molecule has 0 amide bonds. The lowest BCUT2D eigenvalue weighted by Gasteiger charge is -2.06. The summed E-state index contributed by atoms with van der Waals surface area (Å²) in [5.41, 5.74) is 2.18. The molecule has 0 aliphatic rings. The van der Waals surface area contributed by atoms with E-state index in [2.05, 4.69) is 10.2 Å². The Morgan fingerprint density at radius 3 is 2.48 bits per heavy atom. The molecule has 21 heavy (non-hydrogen) atoms. The Labute approximate surface area is 120 Å². The van der Waals surface area contributed by atoms with Gasteiger partial charge < -0.3 is 9.84 Å². The molecule has 6 nitrogen and oxygen atoms in total. The molecule has 0 bridgehead atoms. The molecule has 0 radical (unpaired) electrons. The lowest BCUT2D eigenvalue weighted by molar-refractivity contribution is 0.0523. The number of carbonyl (C=O) groups excluding carboxylic acids is 1. The molecular weight excluding hydrogens is 270 g/mol. The van der Waals surface area contributed by atoms with Crippen LogP contribution >= 0.6 is 0 Å². The van der Waals surface area contributed by atoms with Gasteiger partial charge in [-0.3, -0.25) is 0 Å². The molecule has 0 spiro atoms. The molecule has 0 atom stereocenters. The van der Waals surface area contributed by atoms with Crippen LogP contribution in [0, 0.1) is 0 Å². The van der Waals surface area contributed by atoms with Crippen LogP contribution in [0.4, 0.5) is 0 Å². The van der Waals surface area contributed by atoms with Crippen molar-refractivity contribution in [1.82, 2.24) is 15.0 Å². The molecule has 3 aromatic rings. The Balaban J connectivity index is 2.06. The molecule has 0 unspecified atom stereocenters. The van der Waals surface area contributed by atoms with Gasteiger partial charge in [0.05, 0.1) is 12.3 Å². The van der Waals surface area contributed by atoms with E-state index >= 15 is 0 Å². The molecule has 106 valence electrons. The van der Waals surface area contributed by atoms with Gasteiger partial charge in [0, 0.05) is 0 Å². The molecule has 1 aromatic heterocycles. The number of hydrogen-bond acceptors (Lipinski definition) is 5. The van der Waals surface area contributed by atoms with Crippen molar-refractivity contribution in [3.63, 3.8) is 0 Å². The van der Waals surface area contributed by atoms with E-state index in [1.807, 2.05) is 24.3 Å². The van der Waals surface area contributed by atoms with Crippen LogP contribution < -0.4 is 0 Å². The zero-order valence-electron chi connectivity index (χ0n) is 11.4. The van der Waals surface area contributed by atoms with Gasteiger partial charge in [-0.15, -0.1) is 10.2 Å². The van der Waals surface area contributed by atoms with Crippen LogP contribution in [0.3, 0.4) is 0 Å². The number of aromatic hydroxyl groups is 1. The van der Waals surface area contributed by atoms with E-state index in [0.717, 1.165) is 11.0 Å². The third-order valence-electron chi connectivity index (χ3n) is 2.99. The van der Waals surface area contributed by atoms with E-state index in [4.69, 9.17) is 4.74 Å². The van der Waals surface area contributed by atoms with Crippen molar-refractivity contribution in [2.45, 2.75) is 6.92 Å². The number of carbonyl (C=O) groups is 1. The molecule has 1 N–H and O–H groups in total. The third kappa shape index (κ3) is 2.43. The van der Waals surface area contributed by atoms with Crippen LogP contribution in [0.25, 0.3) is 16.7 Å². The SMILES string of the molecule is CCOC(=O)c1cc(-n2nc3ccccc3n2)ccc1O. The average molecular weight is 283 g/mol. The second-order valence-corrected chi connectivity index (χ2v) is 4.40. The van der Waals surface area contributed by atoms with E-state index in [1.54, 1.807) is 13.0 Å². The monoisotopic (exact) mass is 283 g/mol. The number of fused-ring (bicyclic) bond motifs is 1. The van der Waals surface area contributed by atoms with E-state index in [-0.39, 0.29) is 17.9 Å². The second kappa shape index (κ2) is 5.24. The summed E-state index contributed by atoms with van der Waals surface area (Å²) in [5.74, 6) is -0.706. The van der Waals surface area contributed by atoms with Gasteiger partial charge >= 0.3 is 5.97 Å². The fourth-order valence-corrected chi connectivity index (χ4v) is 2.00. The van der Waals surface area contributed by atoms with Crippen LogP contribution in [-0.4, -0.2) is 32.7 Å². The van der Waals surface area contributed by atoms with Crippen LogP contribution in [0.5, 0.6) is 5.75 Å². The molecule has 2 aromatic carbocycles. The van der Waals surface area contributed by atoms with Crippen LogP contribution in [0.2, 0.25) is 0 Å². The van der Waals surface area contributed by atoms with Crippen LogP contribution in [-0.2, 0) is 4.74 Å². The number of aromatic nitrogens is 3. The maximum atomic E-state index is 11.8. The minimum absolute atomic E-state index is 0.0932. The van der Waals surface area contributed by atoms with Crippen molar-refractivity contribution in [2.24, 2.45) is 0 Å². The van der Waals surface area contributed by atoms with Crippen molar-refractivity contribution >= 4 is 17.0 Å². The van der Waals surface area contributed by atoms with Gasteiger partial charge in [-0.25, -0.2) is 4.79 Å². The molecule has 0 aliphatic heterocycles. The first kappa shape index (κ1) is 13.1. The van der Waals surface area contributed by atoms with Gasteiger partial charge in [-0.2, -0.15) is 4.80 Å². The summed E-state index contributed by atoms with van der Waals surface area (Å²) >= 11 is 0. The lowest BCUT2D eigenvalue weighted by Crippen LogP contribution is -2.07. The number of rotatable bonds is 3. The highest BCUT2D eigenvalue weighted by Crippen LogP contribution is 2.22. The molecule has 0 saturated heterocycles. The molecule has 6 heteroatoms. The Morgan fingerprint density at radius 2 is 1.86 bits per heavy atom. The van der Waals surface area contributed by atoms with Gasteiger partial charge in [0.15, 0.2) is 0 Å². The molecule has 3 rings (SSSR count). The summed E-state index contributed by atoms with van der Waals surface area (Å²) < 4.78 is 4.91. The molecule has 0 fully saturated rings. The maximum absolute atomic E-state index is 11.8. The van der Waals surface area contributed by atoms with Gasteiger partial charge in [-0.1, -0.05) is 12.1 Å². The fourth-order valence-electron chi connectivity index (χ4n) is 2.00. The average Bonchev–Trinajstić information content (AvgIpc) is 2.91. The topological polar surface area (TPSA) is 77.2 Å². The highest BCUT2D eigenvalue weighted by atomic mass is 16.5. The summed E-state index contributed by atoms with van der Waals surface area (Å²) in [6.07, 6.45) is 0. The minimum atomic E-state index is -0.575. The molecule has 0 saturated carbocycles. The van der Waals surface area contributed by atoms with Gasteiger partial charge in [0.2, 0.25) is 0 Å². The molecule has 1 heterocycles. The third-order valence-corrected chi connectivity index (χ3v) is 2.99. The Bertz CT molecular complexity index is 778. The second-order valence-electron chi connectivity index (χ2n) is 4.40. The number of benzene rings is 2. The number of phenols is 1. The summed E-state index contributed by atoms with van der Waals surface area (Å²) in [6, 6.07) is 12.0. The summed E-state index contributed by atoms with van der Waals surface area (Å²) in [7, 11) is 0. The zero-order valence-corrected chi connectivity index (χ0v) is 11.4. The highest BCUT2D eigenvalue weighted by molar-refractivity contribution is 5.93. The number of phenolic OH excluding ortho intramolecular Hbond substituents is 1. The summed E-state index contributed by atoms with van der Waals surface area (Å²) in [5, 5.41) is 18.4. The lowest BCUT2D eigenvalue weighted by atomic mass is 10.2. The molecular formula is C15H13N3O3. The first-order chi connectivity index (χ1) is 10.2. The summed E-state index contributed by atoms with van der Waals surface area (Å²) in [6.45, 7) is 1.95. The van der Waals surface area contributed by atoms with E-state index in [1.165, 1.54) is 16.9 Å². The van der Waals surface area contributed by atoms with Crippen molar-refractivity contribution in [2.75, 3.05) is 6.61 Å². The van der Waals surface area contributed by atoms with Crippen molar-refractivity contribution in [3.8, 4) is 11.4 Å². The van der Waals surface area contributed by atoms with Gasteiger partial charge in [0.25, 0.3) is 0 Å². The predicted molar refractivity (Wildman–Crippen MR) is 76.5 cm³/mol. The number of hydrogen-bond donors (Lipinski definition) is 1. The normalized spacial score (nSPS) is 10.7. The Hall–Kier alpha value is -2.89. The quantitative estimate of drug-likeness (QED) is 0.746. The van der Waals surface area contributed by atoms with Crippen molar-refractivity contribution in [3.05, 3.63) is 48.0 Å². The zero-order chi connectivity index (χ0) is 14.8. The van der Waals surface area contributed by atoms with E-state index in [0.29, 0.717) is 5.69 Å². The summed E-state index contributed by atoms with van der Waals surface area (Å²) in [4.78, 5) is 13.2. The van der Waals surface area contributed by atoms with Crippen LogP contribution in [0.1, 0.15) is 17.3 Å². The number of esters is 1. The van der Waals surface area contributed by atoms with Gasteiger partial charge in [-0.05, 0) is 37.3 Å². The van der Waals surface area contributed by atoms with E-state index < -0.39 is 5.97 Å². The maximum Gasteiger partial charge on any atom is 0.341 e. The minimum Gasteiger partial charge on any atom is -0.507 e. The first-order valence-corrected chi connectivity index (χ1v) is 6.51. The Kier molecular flexibility index (Phi) is 3.27. The van der Waals surface area contributed by atoms with Crippen molar-refractivity contribution < 1.29 is 14.6 Å². The smallest absolute Gasteiger partial charge is 0.341 e. The van der Waals surface area contributed by atoms with E-state index in [9.17, 15) is 9.90 Å². The van der Waals surface area contributed by atoms with Crippen molar-refractivity contribution in [1.29, 1.82) is 0 Å². The van der Waals surface area contributed by atoms with Crippen LogP contribution in [0.15, 0.2) is 42.5 Å². The largest absolute Gasteiger partial charge is 0.507 e. The first-order valence-electron chi connectivity index (χ1n) is 6.51. The van der Waals surface area contributed by atoms with Gasteiger partial charge in [0.1, 0.15) is 22.3 Å². The highest BCUT2D eigenvalue weighted by Gasteiger charge is 2.14. The molecule has 0 aliphatic carbocycles. The number of ether oxygens (including phenoxy) is 1. The number of nitrogens with zero attached hydrogens (tertiary/aromatic N) is 3. The standard InChI is InChI=1S/C15H13N3O3/c1-2-21-15(20)11-9-10(7-8-14(11)19)18-16-12-5-3-4-6-13(12)17-18/h3-9,19H,2H2,1H3. The Morgan fingerprint density at radius 1 is 1.19 bits per heavy atom.